The van der Waals surface area contributed by atoms with Crippen LogP contribution in [0.5, 0.6) is 5.75 Å². The zero-order valence-electron chi connectivity index (χ0n) is 28.8. The second-order valence-electron chi connectivity index (χ2n) is 15.2. The van der Waals surface area contributed by atoms with Crippen LogP contribution in [0.25, 0.3) is 33.4 Å². The van der Waals surface area contributed by atoms with E-state index in [0.29, 0.717) is 0 Å². The zero-order chi connectivity index (χ0) is 32.6. The van der Waals surface area contributed by atoms with Gasteiger partial charge in [-0.05, 0) is 103 Å². The molecule has 0 spiro atoms. The van der Waals surface area contributed by atoms with Gasteiger partial charge in [0.2, 0.25) is 0 Å². The van der Waals surface area contributed by atoms with Crippen LogP contribution in [0.3, 0.4) is 0 Å². The standard InChI is InChI=1S/C40H49BO4/c1-37(2,3)26-38(4,5)33-24-34(36(43-27-42-10)35(25-33)41-44-39(6,7)40(8,9)45-41)32-22-30(28-17-13-11-14-18-28)21-31(23-32)29-19-15-12-16-20-29/h11-25H,26-27H2,1-10H3. The summed E-state index contributed by atoms with van der Waals surface area (Å²) in [6, 6.07) is 32.5. The lowest BCUT2D eigenvalue weighted by Crippen LogP contribution is -2.41. The quantitative estimate of drug-likeness (QED) is 0.141. The van der Waals surface area contributed by atoms with Crippen molar-refractivity contribution in [3.8, 4) is 39.1 Å². The zero-order valence-corrected chi connectivity index (χ0v) is 28.8. The molecule has 1 aliphatic rings. The van der Waals surface area contributed by atoms with Crippen molar-refractivity contribution in [1.82, 2.24) is 0 Å². The molecule has 0 aliphatic carbocycles. The first kappa shape index (κ1) is 33.0. The third kappa shape index (κ3) is 7.22. The Morgan fingerprint density at radius 3 is 1.60 bits per heavy atom. The van der Waals surface area contributed by atoms with Crippen molar-refractivity contribution < 1.29 is 18.8 Å². The van der Waals surface area contributed by atoms with E-state index in [4.69, 9.17) is 18.8 Å². The summed E-state index contributed by atoms with van der Waals surface area (Å²) in [7, 11) is 1.05. The van der Waals surface area contributed by atoms with E-state index in [1.165, 1.54) is 5.56 Å². The topological polar surface area (TPSA) is 36.9 Å². The number of hydrogen-bond acceptors (Lipinski definition) is 4. The van der Waals surface area contributed by atoms with E-state index in [2.05, 4.69) is 153 Å². The molecule has 5 heteroatoms. The molecule has 4 aromatic rings. The molecule has 1 aliphatic heterocycles. The molecule has 4 nitrogen and oxygen atoms in total. The molecular formula is C40H49BO4. The van der Waals surface area contributed by atoms with Crippen molar-refractivity contribution in [1.29, 1.82) is 0 Å². The smallest absolute Gasteiger partial charge is 0.467 e. The molecule has 0 bridgehead atoms. The minimum Gasteiger partial charge on any atom is -0.467 e. The van der Waals surface area contributed by atoms with Crippen molar-refractivity contribution in [3.63, 3.8) is 0 Å². The maximum absolute atomic E-state index is 6.67. The molecule has 0 N–H and O–H groups in total. The molecule has 4 aromatic carbocycles. The second kappa shape index (κ2) is 12.4. The van der Waals surface area contributed by atoms with Crippen LogP contribution in [0.15, 0.2) is 91.0 Å². The molecule has 0 amide bonds. The van der Waals surface area contributed by atoms with Gasteiger partial charge in [0.25, 0.3) is 0 Å². The van der Waals surface area contributed by atoms with E-state index >= 15 is 0 Å². The molecular weight excluding hydrogens is 555 g/mol. The summed E-state index contributed by atoms with van der Waals surface area (Å²) in [5.74, 6) is 0.717. The number of rotatable bonds is 9. The molecule has 236 valence electrons. The minimum atomic E-state index is -0.600. The Balaban J connectivity index is 1.81. The fourth-order valence-electron chi connectivity index (χ4n) is 6.49. The van der Waals surface area contributed by atoms with Gasteiger partial charge in [0.15, 0.2) is 6.79 Å². The molecule has 0 unspecified atom stereocenters. The fourth-order valence-corrected chi connectivity index (χ4v) is 6.49. The monoisotopic (exact) mass is 604 g/mol. The molecule has 0 atom stereocenters. The van der Waals surface area contributed by atoms with E-state index < -0.39 is 18.3 Å². The lowest BCUT2D eigenvalue weighted by atomic mass is 9.68. The molecule has 45 heavy (non-hydrogen) atoms. The van der Waals surface area contributed by atoms with Crippen LogP contribution in [0.4, 0.5) is 0 Å². The third-order valence-corrected chi connectivity index (χ3v) is 9.16. The van der Waals surface area contributed by atoms with Crippen LogP contribution < -0.4 is 10.2 Å². The summed E-state index contributed by atoms with van der Waals surface area (Å²) >= 11 is 0. The molecule has 0 saturated carbocycles. The number of hydrogen-bond donors (Lipinski definition) is 0. The number of benzene rings is 4. The van der Waals surface area contributed by atoms with Crippen molar-refractivity contribution in [2.75, 3.05) is 13.9 Å². The summed E-state index contributed by atoms with van der Waals surface area (Å²) < 4.78 is 25.3. The highest BCUT2D eigenvalue weighted by molar-refractivity contribution is 6.63. The van der Waals surface area contributed by atoms with Crippen molar-refractivity contribution in [3.05, 3.63) is 96.6 Å². The van der Waals surface area contributed by atoms with E-state index in [9.17, 15) is 0 Å². The first-order valence-electron chi connectivity index (χ1n) is 16.0. The van der Waals surface area contributed by atoms with Gasteiger partial charge in [0.05, 0.1) is 11.2 Å². The van der Waals surface area contributed by atoms with Gasteiger partial charge in [-0.25, -0.2) is 0 Å². The van der Waals surface area contributed by atoms with E-state index in [0.717, 1.165) is 51.0 Å². The predicted molar refractivity (Wildman–Crippen MR) is 188 cm³/mol. The van der Waals surface area contributed by atoms with Gasteiger partial charge in [-0.1, -0.05) is 101 Å². The lowest BCUT2D eigenvalue weighted by Gasteiger charge is -2.34. The van der Waals surface area contributed by atoms with Gasteiger partial charge in [-0.15, -0.1) is 0 Å². The molecule has 1 saturated heterocycles. The van der Waals surface area contributed by atoms with Crippen molar-refractivity contribution in [2.24, 2.45) is 5.41 Å². The van der Waals surface area contributed by atoms with E-state index in [1.54, 1.807) is 7.11 Å². The van der Waals surface area contributed by atoms with Crippen LogP contribution in [-0.2, 0) is 19.5 Å². The Bertz CT molecular complexity index is 1540. The van der Waals surface area contributed by atoms with E-state index in [1.807, 2.05) is 0 Å². The molecule has 5 rings (SSSR count). The highest BCUT2D eigenvalue weighted by Gasteiger charge is 2.53. The number of methoxy groups -OCH3 is 1. The largest absolute Gasteiger partial charge is 0.498 e. The Kier molecular flexibility index (Phi) is 9.12. The average molecular weight is 605 g/mol. The van der Waals surface area contributed by atoms with Gasteiger partial charge in [-0.3, -0.25) is 0 Å². The highest BCUT2D eigenvalue weighted by Crippen LogP contribution is 2.44. The molecule has 1 heterocycles. The fraction of sp³-hybridized carbons (Fsp3) is 0.400. The summed E-state index contributed by atoms with van der Waals surface area (Å²) in [5, 5.41) is 0. The summed E-state index contributed by atoms with van der Waals surface area (Å²) in [6.07, 6.45) is 1.000. The van der Waals surface area contributed by atoms with Gasteiger partial charge in [0, 0.05) is 18.1 Å². The molecule has 1 fully saturated rings. The predicted octanol–water partition coefficient (Wildman–Crippen LogP) is 9.68. The molecule has 0 radical (unpaired) electrons. The van der Waals surface area contributed by atoms with E-state index in [-0.39, 0.29) is 17.6 Å². The summed E-state index contributed by atoms with van der Waals surface area (Å²) in [6.45, 7) is 20.0. The maximum atomic E-state index is 6.67. The van der Waals surface area contributed by atoms with Crippen LogP contribution in [-0.4, -0.2) is 32.2 Å². The Hall–Kier alpha value is -3.38. The normalized spacial score (nSPS) is 16.2. The van der Waals surface area contributed by atoms with Crippen LogP contribution >= 0.6 is 0 Å². The van der Waals surface area contributed by atoms with Crippen LogP contribution in [0, 0.1) is 5.41 Å². The van der Waals surface area contributed by atoms with Crippen LogP contribution in [0.1, 0.15) is 74.3 Å². The summed E-state index contributed by atoms with van der Waals surface area (Å²) in [4.78, 5) is 0. The molecule has 0 aromatic heterocycles. The lowest BCUT2D eigenvalue weighted by molar-refractivity contribution is 0.00578. The van der Waals surface area contributed by atoms with Crippen molar-refractivity contribution >= 4 is 12.6 Å². The SMILES string of the molecule is COCOc1c(B2OC(C)(C)C(C)(C)O2)cc(C(C)(C)CC(C)(C)C)cc1-c1cc(-c2ccccc2)cc(-c2ccccc2)c1. The maximum Gasteiger partial charge on any atom is 0.498 e. The third-order valence-electron chi connectivity index (χ3n) is 9.16. The van der Waals surface area contributed by atoms with Gasteiger partial charge in [0.1, 0.15) is 5.75 Å². The Morgan fingerprint density at radius 1 is 0.644 bits per heavy atom. The highest BCUT2D eigenvalue weighted by atomic mass is 16.7. The first-order chi connectivity index (χ1) is 21.1. The Morgan fingerprint density at radius 2 is 1.13 bits per heavy atom. The minimum absolute atomic E-state index is 0.105. The van der Waals surface area contributed by atoms with Gasteiger partial charge in [-0.2, -0.15) is 0 Å². The number of ether oxygens (including phenoxy) is 2. The second-order valence-corrected chi connectivity index (χ2v) is 15.2. The first-order valence-corrected chi connectivity index (χ1v) is 16.0. The van der Waals surface area contributed by atoms with Gasteiger partial charge >= 0.3 is 7.12 Å². The van der Waals surface area contributed by atoms with Crippen LogP contribution in [0.2, 0.25) is 0 Å². The van der Waals surface area contributed by atoms with Crippen molar-refractivity contribution in [2.45, 2.75) is 85.4 Å². The Labute approximate surface area is 271 Å². The van der Waals surface area contributed by atoms with Gasteiger partial charge < -0.3 is 18.8 Å². The summed E-state index contributed by atoms with van der Waals surface area (Å²) in [5.41, 5.74) is 7.75. The average Bonchev–Trinajstić information content (AvgIpc) is 3.21.